The maximum atomic E-state index is 12.4. The summed E-state index contributed by atoms with van der Waals surface area (Å²) in [5.41, 5.74) is 0. The Morgan fingerprint density at radius 2 is 1.50 bits per heavy atom. The van der Waals surface area contributed by atoms with Gasteiger partial charge in [0.15, 0.2) is 6.61 Å². The standard InChI is InChI=1S/C6H4F8O2/c7-3(8)5(11,12)6(13,14)4(9,10)1-16-2-15/h2-3H,1H2. The third-order valence-electron chi connectivity index (χ3n) is 1.48. The molecule has 0 aromatic carbocycles. The van der Waals surface area contributed by atoms with Crippen LogP contribution < -0.4 is 0 Å². The maximum absolute atomic E-state index is 12.4. The van der Waals surface area contributed by atoms with Gasteiger partial charge in [-0.1, -0.05) is 0 Å². The predicted octanol–water partition coefficient (Wildman–Crippen LogP) is 2.33. The first-order valence-electron chi connectivity index (χ1n) is 3.47. The molecule has 2 nitrogen and oxygen atoms in total. The van der Waals surface area contributed by atoms with Crippen molar-refractivity contribution in [2.45, 2.75) is 24.2 Å². The molecule has 0 rings (SSSR count). The van der Waals surface area contributed by atoms with E-state index in [0.717, 1.165) is 0 Å². The number of ether oxygens (including phenoxy) is 1. The molecule has 0 heterocycles. The summed E-state index contributed by atoms with van der Waals surface area (Å²) in [4.78, 5) is 9.43. The fourth-order valence-corrected chi connectivity index (χ4v) is 0.610. The van der Waals surface area contributed by atoms with Crippen molar-refractivity contribution in [1.29, 1.82) is 0 Å². The highest BCUT2D eigenvalue weighted by molar-refractivity contribution is 5.37. The Labute approximate surface area is 83.2 Å². The second-order valence-electron chi connectivity index (χ2n) is 2.61. The van der Waals surface area contributed by atoms with Crippen LogP contribution in [0.25, 0.3) is 0 Å². The van der Waals surface area contributed by atoms with Gasteiger partial charge in [-0.15, -0.1) is 0 Å². The van der Waals surface area contributed by atoms with Gasteiger partial charge in [-0.25, -0.2) is 8.78 Å². The highest BCUT2D eigenvalue weighted by atomic mass is 19.4. The van der Waals surface area contributed by atoms with Crippen molar-refractivity contribution in [3.8, 4) is 0 Å². The Bertz CT molecular complexity index is 251. The molecule has 0 atom stereocenters. The van der Waals surface area contributed by atoms with Crippen molar-refractivity contribution in [3.63, 3.8) is 0 Å². The van der Waals surface area contributed by atoms with Gasteiger partial charge in [0.25, 0.3) is 6.47 Å². The van der Waals surface area contributed by atoms with Crippen molar-refractivity contribution in [2.75, 3.05) is 6.61 Å². The van der Waals surface area contributed by atoms with Crippen LogP contribution in [0.2, 0.25) is 0 Å². The largest absolute Gasteiger partial charge is 0.461 e. The zero-order valence-electron chi connectivity index (χ0n) is 7.20. The number of hydrogen-bond donors (Lipinski definition) is 0. The lowest BCUT2D eigenvalue weighted by Crippen LogP contribution is -2.59. The summed E-state index contributed by atoms with van der Waals surface area (Å²) in [7, 11) is 0. The topological polar surface area (TPSA) is 26.3 Å². The zero-order valence-corrected chi connectivity index (χ0v) is 7.20. The minimum Gasteiger partial charge on any atom is -0.461 e. The van der Waals surface area contributed by atoms with Crippen molar-refractivity contribution in [1.82, 2.24) is 0 Å². The normalized spacial score (nSPS) is 14.1. The quantitative estimate of drug-likeness (QED) is 0.541. The lowest BCUT2D eigenvalue weighted by atomic mass is 10.1. The van der Waals surface area contributed by atoms with E-state index in [1.54, 1.807) is 0 Å². The van der Waals surface area contributed by atoms with Crippen molar-refractivity contribution >= 4 is 6.47 Å². The summed E-state index contributed by atoms with van der Waals surface area (Å²) < 4.78 is 99.9. The van der Waals surface area contributed by atoms with E-state index in [2.05, 4.69) is 4.74 Å². The number of rotatable bonds is 6. The lowest BCUT2D eigenvalue weighted by molar-refractivity contribution is -0.343. The van der Waals surface area contributed by atoms with E-state index in [1.165, 1.54) is 0 Å². The molecular weight excluding hydrogens is 256 g/mol. The van der Waals surface area contributed by atoms with Crippen LogP contribution in [0.15, 0.2) is 0 Å². The Morgan fingerprint density at radius 3 is 1.81 bits per heavy atom. The molecule has 0 unspecified atom stereocenters. The first-order chi connectivity index (χ1) is 7.00. The van der Waals surface area contributed by atoms with Crippen molar-refractivity contribution in [2.24, 2.45) is 0 Å². The molecule has 0 amide bonds. The third kappa shape index (κ3) is 2.35. The van der Waals surface area contributed by atoms with Crippen LogP contribution in [-0.2, 0) is 9.53 Å². The molecule has 0 aromatic rings. The molecule has 0 aliphatic rings. The molecule has 10 heteroatoms. The monoisotopic (exact) mass is 260 g/mol. The Morgan fingerprint density at radius 1 is 1.06 bits per heavy atom. The zero-order chi connectivity index (χ0) is 13.2. The number of carbonyl (C=O) groups excluding carboxylic acids is 1. The number of halogens is 8. The number of carbonyl (C=O) groups is 1. The number of hydrogen-bond acceptors (Lipinski definition) is 2. The molecule has 0 aliphatic carbocycles. The van der Waals surface area contributed by atoms with Crippen molar-refractivity contribution in [3.05, 3.63) is 0 Å². The van der Waals surface area contributed by atoms with E-state index in [1.807, 2.05) is 0 Å². The van der Waals surface area contributed by atoms with Crippen LogP contribution in [0, 0.1) is 0 Å². The fraction of sp³-hybridized carbons (Fsp3) is 0.833. The average molecular weight is 260 g/mol. The van der Waals surface area contributed by atoms with Crippen LogP contribution >= 0.6 is 0 Å². The molecule has 0 radical (unpaired) electrons. The minimum absolute atomic E-state index is 0.704. The Hall–Kier alpha value is -1.09. The van der Waals surface area contributed by atoms with E-state index in [4.69, 9.17) is 0 Å². The summed E-state index contributed by atoms with van der Waals surface area (Å²) in [6.45, 7) is -3.13. The van der Waals surface area contributed by atoms with Crippen LogP contribution in [0.5, 0.6) is 0 Å². The molecule has 16 heavy (non-hydrogen) atoms. The molecule has 0 spiro atoms. The van der Waals surface area contributed by atoms with E-state index >= 15 is 0 Å². The second-order valence-corrected chi connectivity index (χ2v) is 2.61. The first-order valence-corrected chi connectivity index (χ1v) is 3.47. The van der Waals surface area contributed by atoms with Crippen molar-refractivity contribution < 1.29 is 44.7 Å². The van der Waals surface area contributed by atoms with Crippen LogP contribution in [-0.4, -0.2) is 37.3 Å². The fourth-order valence-electron chi connectivity index (χ4n) is 0.610. The molecule has 0 bridgehead atoms. The molecule has 0 saturated heterocycles. The molecule has 0 N–H and O–H groups in total. The Kier molecular flexibility index (Phi) is 4.12. The van der Waals surface area contributed by atoms with E-state index < -0.39 is 37.3 Å². The van der Waals surface area contributed by atoms with Gasteiger partial charge in [-0.2, -0.15) is 26.3 Å². The molecule has 0 aromatic heterocycles. The summed E-state index contributed by atoms with van der Waals surface area (Å²) >= 11 is 0. The summed E-state index contributed by atoms with van der Waals surface area (Å²) in [6.07, 6.45) is -4.98. The SMILES string of the molecule is O=COCC(F)(F)C(F)(F)C(F)(F)C(F)F. The van der Waals surface area contributed by atoms with Crippen LogP contribution in [0.3, 0.4) is 0 Å². The lowest BCUT2D eigenvalue weighted by Gasteiger charge is -2.31. The van der Waals surface area contributed by atoms with Gasteiger partial charge in [0.1, 0.15) is 0 Å². The Balaban J connectivity index is 5.08. The second kappa shape index (κ2) is 4.42. The van der Waals surface area contributed by atoms with Gasteiger partial charge in [-0.3, -0.25) is 4.79 Å². The minimum atomic E-state index is -6.34. The first kappa shape index (κ1) is 14.9. The van der Waals surface area contributed by atoms with Gasteiger partial charge < -0.3 is 4.74 Å². The molecule has 96 valence electrons. The number of alkyl halides is 8. The van der Waals surface area contributed by atoms with E-state index in [9.17, 15) is 39.9 Å². The third-order valence-corrected chi connectivity index (χ3v) is 1.48. The van der Waals surface area contributed by atoms with Gasteiger partial charge in [0, 0.05) is 0 Å². The summed E-state index contributed by atoms with van der Waals surface area (Å²) in [6, 6.07) is 0. The van der Waals surface area contributed by atoms with Gasteiger partial charge in [0.05, 0.1) is 0 Å². The van der Waals surface area contributed by atoms with Gasteiger partial charge in [0.2, 0.25) is 0 Å². The molecule has 0 fully saturated rings. The van der Waals surface area contributed by atoms with Gasteiger partial charge >= 0.3 is 24.2 Å². The van der Waals surface area contributed by atoms with E-state index in [0.29, 0.717) is 0 Å². The molecule has 0 aliphatic heterocycles. The van der Waals surface area contributed by atoms with E-state index in [-0.39, 0.29) is 0 Å². The average Bonchev–Trinajstić information content (AvgIpc) is 2.13. The highest BCUT2D eigenvalue weighted by Gasteiger charge is 2.75. The summed E-state index contributed by atoms with van der Waals surface area (Å²) in [5, 5.41) is 0. The van der Waals surface area contributed by atoms with Crippen LogP contribution in [0.1, 0.15) is 0 Å². The maximum Gasteiger partial charge on any atom is 0.381 e. The van der Waals surface area contributed by atoms with Crippen LogP contribution in [0.4, 0.5) is 35.1 Å². The molecule has 0 saturated carbocycles. The smallest absolute Gasteiger partial charge is 0.381 e. The molecular formula is C6H4F8O2. The highest BCUT2D eigenvalue weighted by Crippen LogP contribution is 2.48. The predicted molar refractivity (Wildman–Crippen MR) is 32.9 cm³/mol. The van der Waals surface area contributed by atoms with Gasteiger partial charge in [-0.05, 0) is 0 Å². The summed E-state index contributed by atoms with van der Waals surface area (Å²) in [5.74, 6) is -18.2.